The molecule has 156 valence electrons. The molecule has 8 heteroatoms. The zero-order chi connectivity index (χ0) is 22.1. The van der Waals surface area contributed by atoms with E-state index in [0.29, 0.717) is 27.5 Å². The number of nitrogens with zero attached hydrogens (tertiary/aromatic N) is 2. The van der Waals surface area contributed by atoms with Crippen molar-refractivity contribution in [3.63, 3.8) is 0 Å². The summed E-state index contributed by atoms with van der Waals surface area (Å²) in [5.41, 5.74) is 2.01. The van der Waals surface area contributed by atoms with Crippen molar-refractivity contribution >= 4 is 29.6 Å². The minimum absolute atomic E-state index is 0.0698. The fourth-order valence-electron chi connectivity index (χ4n) is 3.40. The Morgan fingerprint density at radius 3 is 2.45 bits per heavy atom. The topological polar surface area (TPSA) is 80.0 Å². The Balaban J connectivity index is 1.74. The van der Waals surface area contributed by atoms with E-state index in [4.69, 9.17) is 23.8 Å². The number of nitrogens with one attached hydrogen (secondary N) is 1. The van der Waals surface area contributed by atoms with Gasteiger partial charge in [0, 0.05) is 41.5 Å². The first kappa shape index (κ1) is 20.8. The number of benzene rings is 2. The first-order valence-electron chi connectivity index (χ1n) is 9.43. The van der Waals surface area contributed by atoms with Crippen LogP contribution in [0.2, 0.25) is 5.02 Å². The summed E-state index contributed by atoms with van der Waals surface area (Å²) in [4.78, 5) is 27.9. The van der Waals surface area contributed by atoms with Gasteiger partial charge in [0.1, 0.15) is 0 Å². The van der Waals surface area contributed by atoms with E-state index in [9.17, 15) is 14.7 Å². The molecule has 2 heterocycles. The molecule has 2 aromatic carbocycles. The predicted octanol–water partition coefficient (Wildman–Crippen LogP) is 4.41. The summed E-state index contributed by atoms with van der Waals surface area (Å²) in [5.74, 6) is -0.370. The van der Waals surface area contributed by atoms with Gasteiger partial charge in [-0.15, -0.1) is 0 Å². The van der Waals surface area contributed by atoms with Gasteiger partial charge in [-0.05, 0) is 42.5 Å². The number of rotatable bonds is 5. The second-order valence-corrected chi connectivity index (χ2v) is 7.90. The van der Waals surface area contributed by atoms with Gasteiger partial charge in [-0.2, -0.15) is 0 Å². The quantitative estimate of drug-likeness (QED) is 0.348. The zero-order valence-corrected chi connectivity index (χ0v) is 18.1. The van der Waals surface area contributed by atoms with E-state index in [1.165, 1.54) is 4.57 Å². The lowest BCUT2D eigenvalue weighted by atomic mass is 10.1. The van der Waals surface area contributed by atoms with E-state index in [2.05, 4.69) is 4.98 Å². The van der Waals surface area contributed by atoms with Crippen molar-refractivity contribution in [2.45, 2.75) is 6.42 Å². The average Bonchev–Trinajstić information content (AvgIpc) is 3.12. The lowest BCUT2D eigenvalue weighted by molar-refractivity contribution is 0.103. The number of hydrogen-bond donors (Lipinski definition) is 2. The number of H-pyrrole nitrogens is 1. The molecule has 6 nitrogen and oxygen atoms in total. The monoisotopic (exact) mass is 451 g/mol. The molecule has 0 aliphatic carbocycles. The lowest BCUT2D eigenvalue weighted by Crippen LogP contribution is -2.19. The molecule has 0 aliphatic rings. The molecule has 0 amide bonds. The van der Waals surface area contributed by atoms with Crippen LogP contribution < -0.4 is 5.56 Å². The molecular formula is C23H18ClN3O3S. The number of aryl methyl sites for hydroxylation is 1. The zero-order valence-electron chi connectivity index (χ0n) is 16.5. The van der Waals surface area contributed by atoms with Crippen molar-refractivity contribution in [3.05, 3.63) is 109 Å². The summed E-state index contributed by atoms with van der Waals surface area (Å²) >= 11 is 11.2. The molecule has 0 unspecified atom stereocenters. The fourth-order valence-corrected chi connectivity index (χ4v) is 3.81. The second-order valence-electron chi connectivity index (χ2n) is 7.08. The summed E-state index contributed by atoms with van der Waals surface area (Å²) in [5, 5.41) is 11.4. The Labute approximate surface area is 188 Å². The number of carbonyl (C=O) groups excluding carboxylic acids is 1. The van der Waals surface area contributed by atoms with Crippen LogP contribution in [0.3, 0.4) is 0 Å². The highest BCUT2D eigenvalue weighted by Crippen LogP contribution is 2.24. The third-order valence-electron chi connectivity index (χ3n) is 5.03. The number of carbonyl (C=O) groups is 1. The number of aromatic hydroxyl groups is 1. The summed E-state index contributed by atoms with van der Waals surface area (Å²) in [7, 11) is 1.79. The van der Waals surface area contributed by atoms with Gasteiger partial charge < -0.3 is 9.67 Å². The molecule has 2 aromatic heterocycles. The van der Waals surface area contributed by atoms with Gasteiger partial charge in [0.2, 0.25) is 5.88 Å². The molecule has 0 bridgehead atoms. The van der Waals surface area contributed by atoms with Crippen molar-refractivity contribution in [3.8, 4) is 11.6 Å². The molecular weight excluding hydrogens is 434 g/mol. The number of hydrogen-bond acceptors (Lipinski definition) is 4. The average molecular weight is 452 g/mol. The van der Waals surface area contributed by atoms with Crippen molar-refractivity contribution in [1.29, 1.82) is 0 Å². The SMILES string of the molecule is Cn1cc(C(=O)c2ccccc2)cc1Cc1c(O)n(-c2ccc(Cl)cc2)c(=S)[nH]c1=O. The van der Waals surface area contributed by atoms with E-state index < -0.39 is 5.56 Å². The van der Waals surface area contributed by atoms with Crippen molar-refractivity contribution in [2.75, 3.05) is 0 Å². The first-order valence-corrected chi connectivity index (χ1v) is 10.2. The lowest BCUT2D eigenvalue weighted by Gasteiger charge is -2.13. The van der Waals surface area contributed by atoms with Gasteiger partial charge in [-0.25, -0.2) is 0 Å². The molecule has 0 radical (unpaired) electrons. The summed E-state index contributed by atoms with van der Waals surface area (Å²) in [6, 6.07) is 17.4. The third-order valence-corrected chi connectivity index (χ3v) is 5.56. The van der Waals surface area contributed by atoms with Gasteiger partial charge in [0.05, 0.1) is 11.3 Å². The molecule has 0 fully saturated rings. The normalized spacial score (nSPS) is 10.9. The van der Waals surface area contributed by atoms with Gasteiger partial charge in [0.25, 0.3) is 5.56 Å². The highest BCUT2D eigenvalue weighted by molar-refractivity contribution is 7.71. The Hall–Kier alpha value is -3.42. The molecule has 2 N–H and O–H groups in total. The van der Waals surface area contributed by atoms with Crippen LogP contribution in [0, 0.1) is 4.77 Å². The van der Waals surface area contributed by atoms with Crippen LogP contribution >= 0.6 is 23.8 Å². The van der Waals surface area contributed by atoms with Crippen LogP contribution in [0.25, 0.3) is 5.69 Å². The molecule has 0 atom stereocenters. The molecule has 31 heavy (non-hydrogen) atoms. The third kappa shape index (κ3) is 4.10. The van der Waals surface area contributed by atoms with E-state index in [-0.39, 0.29) is 28.4 Å². The molecule has 0 saturated heterocycles. The number of ketones is 1. The van der Waals surface area contributed by atoms with Crippen LogP contribution in [0.4, 0.5) is 0 Å². The second kappa shape index (κ2) is 8.37. The predicted molar refractivity (Wildman–Crippen MR) is 122 cm³/mol. The number of aromatic amines is 1. The Bertz CT molecular complexity index is 1390. The Kier molecular flexibility index (Phi) is 5.63. The molecule has 4 aromatic rings. The van der Waals surface area contributed by atoms with Crippen LogP contribution in [0.5, 0.6) is 5.88 Å². The summed E-state index contributed by atoms with van der Waals surface area (Å²) < 4.78 is 3.21. The largest absolute Gasteiger partial charge is 0.494 e. The van der Waals surface area contributed by atoms with E-state index in [0.717, 1.165) is 0 Å². The molecule has 0 saturated carbocycles. The Morgan fingerprint density at radius 1 is 1.10 bits per heavy atom. The van der Waals surface area contributed by atoms with Crippen LogP contribution in [-0.4, -0.2) is 25.0 Å². The smallest absolute Gasteiger partial charge is 0.259 e. The van der Waals surface area contributed by atoms with Crippen LogP contribution in [-0.2, 0) is 13.5 Å². The molecule has 4 rings (SSSR count). The minimum Gasteiger partial charge on any atom is -0.494 e. The Morgan fingerprint density at radius 2 is 1.77 bits per heavy atom. The maximum Gasteiger partial charge on any atom is 0.259 e. The standard InChI is InChI=1S/C23H18ClN3O3S/c1-26-13-15(20(28)14-5-3-2-4-6-14)11-18(26)12-19-21(29)25-23(31)27(22(19)30)17-9-7-16(24)8-10-17/h2-11,13,30H,12H2,1H3,(H,25,29,31). The van der Waals surface area contributed by atoms with E-state index in [1.807, 2.05) is 6.07 Å². The maximum atomic E-state index is 12.8. The van der Waals surface area contributed by atoms with Crippen molar-refractivity contribution in [2.24, 2.45) is 7.05 Å². The van der Waals surface area contributed by atoms with Crippen LogP contribution in [0.1, 0.15) is 27.2 Å². The summed E-state index contributed by atoms with van der Waals surface area (Å²) in [6.07, 6.45) is 1.83. The first-order chi connectivity index (χ1) is 14.8. The van der Waals surface area contributed by atoms with Crippen LogP contribution in [0.15, 0.2) is 71.7 Å². The van der Waals surface area contributed by atoms with Crippen molar-refractivity contribution in [1.82, 2.24) is 14.1 Å². The van der Waals surface area contributed by atoms with Gasteiger partial charge >= 0.3 is 0 Å². The van der Waals surface area contributed by atoms with Gasteiger partial charge in [0.15, 0.2) is 10.6 Å². The highest BCUT2D eigenvalue weighted by Gasteiger charge is 2.18. The fraction of sp³-hybridized carbons (Fsp3) is 0.0870. The van der Waals surface area contributed by atoms with Gasteiger partial charge in [-0.3, -0.25) is 19.1 Å². The molecule has 0 spiro atoms. The van der Waals surface area contributed by atoms with Gasteiger partial charge in [-0.1, -0.05) is 41.9 Å². The summed E-state index contributed by atoms with van der Waals surface area (Å²) in [6.45, 7) is 0. The number of halogens is 1. The van der Waals surface area contributed by atoms with Crippen molar-refractivity contribution < 1.29 is 9.90 Å². The maximum absolute atomic E-state index is 12.8. The van der Waals surface area contributed by atoms with E-state index in [1.54, 1.807) is 72.4 Å². The number of aromatic nitrogens is 3. The minimum atomic E-state index is -0.482. The molecule has 0 aliphatic heterocycles. The highest BCUT2D eigenvalue weighted by atomic mass is 35.5. The van der Waals surface area contributed by atoms with E-state index >= 15 is 0 Å².